The van der Waals surface area contributed by atoms with E-state index in [0.29, 0.717) is 38.5 Å². The van der Waals surface area contributed by atoms with Crippen molar-refractivity contribution in [1.29, 1.82) is 0 Å². The quantitative estimate of drug-likeness (QED) is 0.155. The van der Waals surface area contributed by atoms with Gasteiger partial charge in [-0.05, 0) is 48.4 Å². The molecule has 1 atom stereocenters. The Morgan fingerprint density at radius 1 is 1.13 bits per heavy atom. The van der Waals surface area contributed by atoms with Gasteiger partial charge < -0.3 is 19.0 Å². The number of aromatic nitrogens is 2. The van der Waals surface area contributed by atoms with E-state index in [1.165, 1.54) is 43.0 Å². The molecule has 1 unspecified atom stereocenters. The van der Waals surface area contributed by atoms with Crippen LogP contribution in [-0.4, -0.2) is 41.2 Å². The molecule has 4 aromatic rings. The monoisotopic (exact) mass is 567 g/mol. The molecule has 2 aromatic heterocycles. The number of ether oxygens (including phenoxy) is 2. The first-order valence-electron chi connectivity index (χ1n) is 11.6. The van der Waals surface area contributed by atoms with Gasteiger partial charge in [0.05, 0.1) is 25.8 Å². The number of hydrogen-bond acceptors (Lipinski definition) is 10. The number of methoxy groups -OCH3 is 2. The number of Topliss-reactive ketones (excluding diaryl/α,β-unsaturated/α-hetero) is 1. The molecule has 12 heteroatoms. The predicted molar refractivity (Wildman–Crippen MR) is 143 cm³/mol. The molecule has 0 fully saturated rings. The predicted octanol–water partition coefficient (Wildman–Crippen LogP) is 5.67. The Balaban J connectivity index is 1.54. The fourth-order valence-corrected chi connectivity index (χ4v) is 6.03. The summed E-state index contributed by atoms with van der Waals surface area (Å²) >= 11 is 2.34. The molecular weight excluding hydrogens is 545 g/mol. The maximum Gasteiger partial charge on any atom is 0.296 e. The van der Waals surface area contributed by atoms with Crippen LogP contribution in [0.4, 0.5) is 9.52 Å². The Bertz CT molecular complexity index is 1600. The highest BCUT2D eigenvalue weighted by atomic mass is 32.2. The highest BCUT2D eigenvalue weighted by Gasteiger charge is 2.47. The number of nitrogens with zero attached hydrogens (tertiary/aromatic N) is 3. The van der Waals surface area contributed by atoms with E-state index in [9.17, 15) is 19.1 Å². The number of anilines is 1. The van der Waals surface area contributed by atoms with Gasteiger partial charge in [-0.15, -0.1) is 10.2 Å². The minimum absolute atomic E-state index is 0.0208. The lowest BCUT2D eigenvalue weighted by Gasteiger charge is -2.24. The SMILES string of the molecule is COc1ccc(C2C(C(=O)c3ccc(C)o3)=C(O)C(=O)N2c2nnc(SCc3ccccc3F)s2)cc1OC. The lowest BCUT2D eigenvalue weighted by Crippen LogP contribution is -2.31. The molecule has 0 saturated carbocycles. The van der Waals surface area contributed by atoms with Crippen LogP contribution in [0.1, 0.15) is 33.5 Å². The van der Waals surface area contributed by atoms with Crippen LogP contribution < -0.4 is 14.4 Å². The van der Waals surface area contributed by atoms with Crippen molar-refractivity contribution >= 4 is 39.9 Å². The Labute approximate surface area is 230 Å². The van der Waals surface area contributed by atoms with Crippen molar-refractivity contribution in [2.45, 2.75) is 23.1 Å². The summed E-state index contributed by atoms with van der Waals surface area (Å²) in [7, 11) is 2.96. The fourth-order valence-electron chi connectivity index (χ4n) is 4.18. The highest BCUT2D eigenvalue weighted by molar-refractivity contribution is 8.00. The number of ketones is 1. The zero-order valence-electron chi connectivity index (χ0n) is 21.0. The molecule has 1 aliphatic rings. The molecular formula is C27H22FN3O6S2. The number of carbonyl (C=O) groups is 2. The van der Waals surface area contributed by atoms with Crippen LogP contribution >= 0.6 is 23.1 Å². The Morgan fingerprint density at radius 3 is 2.59 bits per heavy atom. The van der Waals surface area contributed by atoms with Gasteiger partial charge in [-0.2, -0.15) is 0 Å². The maximum absolute atomic E-state index is 14.1. The zero-order valence-corrected chi connectivity index (χ0v) is 22.6. The van der Waals surface area contributed by atoms with E-state index in [0.717, 1.165) is 11.3 Å². The smallest absolute Gasteiger partial charge is 0.296 e. The third-order valence-corrected chi connectivity index (χ3v) is 8.16. The average Bonchev–Trinajstić information content (AvgIpc) is 3.66. The van der Waals surface area contributed by atoms with E-state index in [4.69, 9.17) is 13.9 Å². The number of aryl methyl sites for hydroxylation is 1. The van der Waals surface area contributed by atoms with E-state index in [1.807, 2.05) is 0 Å². The second-order valence-corrected chi connectivity index (χ2v) is 10.6. The summed E-state index contributed by atoms with van der Waals surface area (Å²) in [6, 6.07) is 13.4. The Morgan fingerprint density at radius 2 is 1.90 bits per heavy atom. The molecule has 0 aliphatic carbocycles. The van der Waals surface area contributed by atoms with Gasteiger partial charge in [0.1, 0.15) is 11.6 Å². The van der Waals surface area contributed by atoms with Crippen LogP contribution in [0.2, 0.25) is 0 Å². The van der Waals surface area contributed by atoms with Gasteiger partial charge in [-0.1, -0.05) is 47.4 Å². The number of amides is 1. The van der Waals surface area contributed by atoms with E-state index >= 15 is 0 Å². The molecule has 200 valence electrons. The Hall–Kier alpha value is -4.16. The fraction of sp³-hybridized carbons (Fsp3) is 0.185. The standard InChI is InChI=1S/C27H22FN3O6S2/c1-14-8-10-19(37-14)23(32)21-22(15-9-11-18(35-2)20(12-15)36-3)31(25(34)24(21)33)26-29-30-27(39-26)38-13-16-6-4-5-7-17(16)28/h4-12,22,33H,13H2,1-3H3. The normalized spacial score (nSPS) is 15.2. The summed E-state index contributed by atoms with van der Waals surface area (Å²) in [6.07, 6.45) is 0. The first-order valence-corrected chi connectivity index (χ1v) is 13.4. The lowest BCUT2D eigenvalue weighted by atomic mass is 9.95. The third-order valence-electron chi connectivity index (χ3n) is 6.05. The largest absolute Gasteiger partial charge is 0.503 e. The van der Waals surface area contributed by atoms with E-state index in [2.05, 4.69) is 10.2 Å². The van der Waals surface area contributed by atoms with Crippen molar-refractivity contribution in [2.24, 2.45) is 0 Å². The minimum atomic E-state index is -1.06. The van der Waals surface area contributed by atoms with Crippen LogP contribution in [0.25, 0.3) is 0 Å². The van der Waals surface area contributed by atoms with Crippen LogP contribution in [0.5, 0.6) is 11.5 Å². The van der Waals surface area contributed by atoms with Crippen LogP contribution in [0.3, 0.4) is 0 Å². The number of aliphatic hydroxyl groups is 1. The maximum atomic E-state index is 14.1. The van der Waals surface area contributed by atoms with Crippen molar-refractivity contribution < 1.29 is 33.0 Å². The molecule has 39 heavy (non-hydrogen) atoms. The van der Waals surface area contributed by atoms with Gasteiger partial charge in [0.15, 0.2) is 27.4 Å². The first kappa shape index (κ1) is 26.4. The van der Waals surface area contributed by atoms with Gasteiger partial charge >= 0.3 is 0 Å². The number of aliphatic hydroxyl groups excluding tert-OH is 1. The molecule has 0 spiro atoms. The summed E-state index contributed by atoms with van der Waals surface area (Å²) in [6.45, 7) is 1.69. The number of hydrogen-bond donors (Lipinski definition) is 1. The average molecular weight is 568 g/mol. The summed E-state index contributed by atoms with van der Waals surface area (Å²) in [5.41, 5.74) is 0.797. The van der Waals surface area contributed by atoms with Gasteiger partial charge in [-0.3, -0.25) is 14.5 Å². The minimum Gasteiger partial charge on any atom is -0.503 e. The molecule has 9 nitrogen and oxygen atoms in total. The zero-order chi connectivity index (χ0) is 27.7. The number of carbonyl (C=O) groups excluding carboxylic acids is 2. The molecule has 1 N–H and O–H groups in total. The molecule has 5 rings (SSSR count). The van der Waals surface area contributed by atoms with Crippen molar-refractivity contribution in [3.05, 3.63) is 94.4 Å². The second-order valence-electron chi connectivity index (χ2n) is 8.42. The van der Waals surface area contributed by atoms with Crippen molar-refractivity contribution in [3.8, 4) is 11.5 Å². The van der Waals surface area contributed by atoms with Crippen molar-refractivity contribution in [2.75, 3.05) is 19.1 Å². The molecule has 3 heterocycles. The van der Waals surface area contributed by atoms with Crippen LogP contribution in [0, 0.1) is 12.7 Å². The number of benzene rings is 2. The Kier molecular flexibility index (Phi) is 7.40. The molecule has 0 radical (unpaired) electrons. The second kappa shape index (κ2) is 10.9. The molecule has 1 amide bonds. The molecule has 0 bridgehead atoms. The van der Waals surface area contributed by atoms with Crippen LogP contribution in [0.15, 0.2) is 74.7 Å². The van der Waals surface area contributed by atoms with Crippen LogP contribution in [-0.2, 0) is 10.5 Å². The highest BCUT2D eigenvalue weighted by Crippen LogP contribution is 2.45. The van der Waals surface area contributed by atoms with E-state index in [1.54, 1.807) is 49.4 Å². The first-order chi connectivity index (χ1) is 18.8. The molecule has 2 aromatic carbocycles. The van der Waals surface area contributed by atoms with Gasteiger partial charge in [0.2, 0.25) is 10.9 Å². The topological polar surface area (TPSA) is 115 Å². The summed E-state index contributed by atoms with van der Waals surface area (Å²) in [5.74, 6) is -0.906. The molecule has 0 saturated heterocycles. The summed E-state index contributed by atoms with van der Waals surface area (Å²) in [4.78, 5) is 28.2. The number of thioether (sulfide) groups is 1. The summed E-state index contributed by atoms with van der Waals surface area (Å²) in [5, 5.41) is 19.4. The number of halogens is 1. The van der Waals surface area contributed by atoms with Gasteiger partial charge in [-0.25, -0.2) is 4.39 Å². The van der Waals surface area contributed by atoms with E-state index < -0.39 is 23.5 Å². The lowest BCUT2D eigenvalue weighted by molar-refractivity contribution is -0.117. The van der Waals surface area contributed by atoms with E-state index in [-0.39, 0.29) is 22.3 Å². The van der Waals surface area contributed by atoms with Gasteiger partial charge in [0.25, 0.3) is 5.91 Å². The molecule has 1 aliphatic heterocycles. The van der Waals surface area contributed by atoms with Crippen molar-refractivity contribution in [3.63, 3.8) is 0 Å². The number of rotatable bonds is 9. The van der Waals surface area contributed by atoms with Gasteiger partial charge in [0, 0.05) is 5.75 Å². The summed E-state index contributed by atoms with van der Waals surface area (Å²) < 4.78 is 30.8. The number of furan rings is 1. The van der Waals surface area contributed by atoms with Crippen molar-refractivity contribution in [1.82, 2.24) is 10.2 Å². The third kappa shape index (κ3) is 5.00.